The molecular formula is C9H14BrNO2. The van der Waals surface area contributed by atoms with Crippen molar-refractivity contribution in [1.82, 2.24) is 4.90 Å². The predicted octanol–water partition coefficient (Wildman–Crippen LogP) is 1.16. The van der Waals surface area contributed by atoms with E-state index in [0.29, 0.717) is 6.04 Å². The van der Waals surface area contributed by atoms with Crippen LogP contribution in [-0.2, 0) is 9.53 Å². The molecule has 0 aromatic rings. The van der Waals surface area contributed by atoms with Crippen LogP contribution >= 0.6 is 15.9 Å². The number of hydrogen-bond donors (Lipinski definition) is 0. The highest BCUT2D eigenvalue weighted by molar-refractivity contribution is 9.10. The van der Waals surface area contributed by atoms with Crippen molar-refractivity contribution in [1.29, 1.82) is 0 Å². The van der Waals surface area contributed by atoms with Gasteiger partial charge in [0.2, 0.25) is 5.91 Å². The van der Waals surface area contributed by atoms with E-state index in [1.54, 1.807) is 0 Å². The summed E-state index contributed by atoms with van der Waals surface area (Å²) in [6, 6.07) is 0.434. The minimum absolute atomic E-state index is 0.0651. The van der Waals surface area contributed by atoms with Gasteiger partial charge in [-0.2, -0.15) is 0 Å². The molecule has 0 spiro atoms. The highest BCUT2D eigenvalue weighted by atomic mass is 79.9. The van der Waals surface area contributed by atoms with Gasteiger partial charge < -0.3 is 9.64 Å². The van der Waals surface area contributed by atoms with Crippen LogP contribution in [0.1, 0.15) is 19.3 Å². The third kappa shape index (κ3) is 1.89. The van der Waals surface area contributed by atoms with Gasteiger partial charge in [-0.3, -0.25) is 4.79 Å². The van der Waals surface area contributed by atoms with Crippen LogP contribution in [0.15, 0.2) is 0 Å². The number of likely N-dealkylation sites (tertiary alicyclic amines) is 1. The number of carbonyl (C=O) groups is 1. The first kappa shape index (κ1) is 9.46. The summed E-state index contributed by atoms with van der Waals surface area (Å²) in [6.07, 6.45) is 2.97. The average Bonchev–Trinajstić information content (AvgIpc) is 2.49. The zero-order valence-electron chi connectivity index (χ0n) is 7.54. The zero-order valence-corrected chi connectivity index (χ0v) is 9.13. The van der Waals surface area contributed by atoms with Crippen LogP contribution < -0.4 is 0 Å². The van der Waals surface area contributed by atoms with Crippen LogP contribution in [0, 0.1) is 0 Å². The molecule has 1 atom stereocenters. The SMILES string of the molecule is O=C1C(Br)CCN1C1CCOCC1. The minimum Gasteiger partial charge on any atom is -0.381 e. The molecule has 2 aliphatic heterocycles. The van der Waals surface area contributed by atoms with Crippen molar-refractivity contribution in [3.8, 4) is 0 Å². The van der Waals surface area contributed by atoms with Crippen LogP contribution in [0.5, 0.6) is 0 Å². The molecule has 0 N–H and O–H groups in total. The van der Waals surface area contributed by atoms with Gasteiger partial charge in [-0.1, -0.05) is 15.9 Å². The lowest BCUT2D eigenvalue weighted by Gasteiger charge is -2.30. The van der Waals surface area contributed by atoms with Gasteiger partial charge in [0.1, 0.15) is 0 Å². The number of nitrogens with zero attached hydrogens (tertiary/aromatic N) is 1. The summed E-state index contributed by atoms with van der Waals surface area (Å²) in [5.41, 5.74) is 0. The van der Waals surface area contributed by atoms with E-state index in [2.05, 4.69) is 15.9 Å². The Bertz CT molecular complexity index is 204. The molecule has 74 valence electrons. The van der Waals surface area contributed by atoms with Gasteiger partial charge in [-0.05, 0) is 19.3 Å². The molecule has 2 saturated heterocycles. The van der Waals surface area contributed by atoms with Crippen LogP contribution in [-0.4, -0.2) is 41.4 Å². The van der Waals surface area contributed by atoms with Gasteiger partial charge in [0.25, 0.3) is 0 Å². The number of rotatable bonds is 1. The third-order valence-corrected chi connectivity index (χ3v) is 3.66. The maximum absolute atomic E-state index is 11.6. The molecular weight excluding hydrogens is 234 g/mol. The lowest BCUT2D eigenvalue weighted by atomic mass is 10.1. The first-order valence-corrected chi connectivity index (χ1v) is 5.73. The largest absolute Gasteiger partial charge is 0.381 e. The lowest BCUT2D eigenvalue weighted by molar-refractivity contribution is -0.130. The Kier molecular flexibility index (Phi) is 2.89. The van der Waals surface area contributed by atoms with Crippen molar-refractivity contribution < 1.29 is 9.53 Å². The lowest BCUT2D eigenvalue weighted by Crippen LogP contribution is -2.41. The van der Waals surface area contributed by atoms with Crippen LogP contribution in [0.3, 0.4) is 0 Å². The van der Waals surface area contributed by atoms with Crippen LogP contribution in [0.25, 0.3) is 0 Å². The molecule has 1 amide bonds. The first-order valence-electron chi connectivity index (χ1n) is 4.81. The molecule has 2 fully saturated rings. The highest BCUT2D eigenvalue weighted by Gasteiger charge is 2.34. The summed E-state index contributed by atoms with van der Waals surface area (Å²) in [6.45, 7) is 2.53. The number of hydrogen-bond acceptors (Lipinski definition) is 2. The Morgan fingerprint density at radius 3 is 2.54 bits per heavy atom. The van der Waals surface area contributed by atoms with Gasteiger partial charge in [0, 0.05) is 25.8 Å². The third-order valence-electron chi connectivity index (χ3n) is 2.81. The number of halogens is 1. The average molecular weight is 248 g/mol. The summed E-state index contributed by atoms with van der Waals surface area (Å²) in [5.74, 6) is 0.270. The predicted molar refractivity (Wildman–Crippen MR) is 52.9 cm³/mol. The van der Waals surface area contributed by atoms with Gasteiger partial charge in [0.15, 0.2) is 0 Å². The molecule has 1 unspecified atom stereocenters. The van der Waals surface area contributed by atoms with Crippen molar-refractivity contribution in [2.75, 3.05) is 19.8 Å². The second-order valence-corrected chi connectivity index (χ2v) is 4.74. The molecule has 4 heteroatoms. The van der Waals surface area contributed by atoms with Gasteiger partial charge >= 0.3 is 0 Å². The minimum atomic E-state index is 0.0651. The van der Waals surface area contributed by atoms with E-state index in [-0.39, 0.29) is 10.7 Å². The first-order chi connectivity index (χ1) is 6.29. The molecule has 3 nitrogen and oxygen atoms in total. The number of ether oxygens (including phenoxy) is 1. The maximum Gasteiger partial charge on any atom is 0.236 e. The van der Waals surface area contributed by atoms with E-state index in [4.69, 9.17) is 4.74 Å². The van der Waals surface area contributed by atoms with Gasteiger partial charge in [0.05, 0.1) is 4.83 Å². The molecule has 0 bridgehead atoms. The smallest absolute Gasteiger partial charge is 0.236 e. The summed E-state index contributed by atoms with van der Waals surface area (Å²) in [4.78, 5) is 13.7. The Balaban J connectivity index is 1.96. The molecule has 0 radical (unpaired) electrons. The maximum atomic E-state index is 11.6. The van der Waals surface area contributed by atoms with Gasteiger partial charge in [-0.15, -0.1) is 0 Å². The van der Waals surface area contributed by atoms with Crippen molar-refractivity contribution >= 4 is 21.8 Å². The Morgan fingerprint density at radius 1 is 1.31 bits per heavy atom. The summed E-state index contributed by atoms with van der Waals surface area (Å²) in [7, 11) is 0. The van der Waals surface area contributed by atoms with E-state index in [9.17, 15) is 4.79 Å². The Labute approximate surface area is 86.5 Å². The van der Waals surface area contributed by atoms with Crippen LogP contribution in [0.4, 0.5) is 0 Å². The molecule has 2 aliphatic rings. The standard InChI is InChI=1S/C9H14BrNO2/c10-8-1-4-11(9(8)12)7-2-5-13-6-3-7/h7-8H,1-6H2. The molecule has 0 aromatic heterocycles. The fourth-order valence-electron chi connectivity index (χ4n) is 2.03. The van der Waals surface area contributed by atoms with E-state index in [1.807, 2.05) is 4.90 Å². The normalized spacial score (nSPS) is 31.3. The Morgan fingerprint density at radius 2 is 2.00 bits per heavy atom. The number of amides is 1. The zero-order chi connectivity index (χ0) is 9.26. The van der Waals surface area contributed by atoms with E-state index in [1.165, 1.54) is 0 Å². The second-order valence-electron chi connectivity index (χ2n) is 3.63. The van der Waals surface area contributed by atoms with Crippen molar-refractivity contribution in [2.45, 2.75) is 30.1 Å². The monoisotopic (exact) mass is 247 g/mol. The molecule has 2 rings (SSSR count). The summed E-state index contributed by atoms with van der Waals surface area (Å²) >= 11 is 3.39. The van der Waals surface area contributed by atoms with Gasteiger partial charge in [-0.25, -0.2) is 0 Å². The summed E-state index contributed by atoms with van der Waals surface area (Å²) < 4.78 is 5.27. The highest BCUT2D eigenvalue weighted by Crippen LogP contribution is 2.24. The van der Waals surface area contributed by atoms with E-state index in [0.717, 1.165) is 39.0 Å². The summed E-state index contributed by atoms with van der Waals surface area (Å²) in [5, 5.41) is 0. The number of alkyl halides is 1. The van der Waals surface area contributed by atoms with Crippen molar-refractivity contribution in [2.24, 2.45) is 0 Å². The molecule has 0 saturated carbocycles. The molecule has 0 aliphatic carbocycles. The molecule has 0 aromatic carbocycles. The fourth-order valence-corrected chi connectivity index (χ4v) is 2.49. The second kappa shape index (κ2) is 3.96. The van der Waals surface area contributed by atoms with E-state index >= 15 is 0 Å². The number of carbonyl (C=O) groups excluding carboxylic acids is 1. The van der Waals surface area contributed by atoms with E-state index < -0.39 is 0 Å². The van der Waals surface area contributed by atoms with Crippen molar-refractivity contribution in [3.63, 3.8) is 0 Å². The topological polar surface area (TPSA) is 29.5 Å². The van der Waals surface area contributed by atoms with Crippen LogP contribution in [0.2, 0.25) is 0 Å². The fraction of sp³-hybridized carbons (Fsp3) is 0.889. The molecule has 13 heavy (non-hydrogen) atoms. The van der Waals surface area contributed by atoms with Crippen molar-refractivity contribution in [3.05, 3.63) is 0 Å². The quantitative estimate of drug-likeness (QED) is 0.652. The Hall–Kier alpha value is -0.0900. The molecule has 2 heterocycles.